The average molecular weight is 438 g/mol. The highest BCUT2D eigenvalue weighted by Gasteiger charge is 2.54. The van der Waals surface area contributed by atoms with Crippen molar-refractivity contribution in [3.05, 3.63) is 35.1 Å². The summed E-state index contributed by atoms with van der Waals surface area (Å²) in [5.41, 5.74) is -1.90. The third-order valence-corrected chi connectivity index (χ3v) is 6.46. The van der Waals surface area contributed by atoms with Gasteiger partial charge in [-0.3, -0.25) is 4.90 Å². The van der Waals surface area contributed by atoms with Crippen molar-refractivity contribution >= 4 is 6.09 Å². The zero-order valence-corrected chi connectivity index (χ0v) is 19.4. The Labute approximate surface area is 184 Å². The molecule has 2 unspecified atom stereocenters. The first kappa shape index (κ1) is 24.0. The molecular formula is C24H36FNO5. The van der Waals surface area contributed by atoms with Crippen LogP contribution >= 0.6 is 0 Å². The van der Waals surface area contributed by atoms with Gasteiger partial charge in [0.1, 0.15) is 17.0 Å². The first-order valence-corrected chi connectivity index (χ1v) is 11.2. The molecule has 0 aromatic heterocycles. The van der Waals surface area contributed by atoms with Gasteiger partial charge in [0, 0.05) is 13.2 Å². The maximum atomic E-state index is 14.1. The third kappa shape index (κ3) is 5.21. The fourth-order valence-corrected chi connectivity index (χ4v) is 4.55. The second kappa shape index (κ2) is 9.04. The number of hydrogen-bond acceptors (Lipinski definition) is 5. The predicted molar refractivity (Wildman–Crippen MR) is 115 cm³/mol. The maximum absolute atomic E-state index is 14.1. The number of nitrogens with zero attached hydrogens (tertiary/aromatic N) is 1. The van der Waals surface area contributed by atoms with E-state index in [1.807, 2.05) is 27.7 Å². The molecule has 0 bridgehead atoms. The van der Waals surface area contributed by atoms with Crippen molar-refractivity contribution in [3.8, 4) is 0 Å². The van der Waals surface area contributed by atoms with Crippen molar-refractivity contribution < 1.29 is 28.5 Å². The number of amides is 1. The van der Waals surface area contributed by atoms with Crippen LogP contribution in [-0.2, 0) is 26.4 Å². The van der Waals surface area contributed by atoms with Gasteiger partial charge in [-0.25, -0.2) is 9.18 Å². The van der Waals surface area contributed by atoms with Crippen LogP contribution in [0, 0.1) is 5.82 Å². The maximum Gasteiger partial charge on any atom is 0.410 e. The summed E-state index contributed by atoms with van der Waals surface area (Å²) < 4.78 is 31.2. The summed E-state index contributed by atoms with van der Waals surface area (Å²) in [7, 11) is 0. The molecule has 1 amide bonds. The number of aliphatic hydroxyl groups is 1. The number of ether oxygens (including phenoxy) is 3. The minimum atomic E-state index is -1.44. The van der Waals surface area contributed by atoms with Gasteiger partial charge < -0.3 is 19.3 Å². The normalized spacial score (nSPS) is 26.5. The molecule has 2 aliphatic rings. The van der Waals surface area contributed by atoms with E-state index in [-0.39, 0.29) is 12.9 Å². The average Bonchev–Trinajstić information content (AvgIpc) is 3.09. The van der Waals surface area contributed by atoms with E-state index in [9.17, 15) is 14.3 Å². The molecule has 174 valence electrons. The lowest BCUT2D eigenvalue weighted by Gasteiger charge is -2.47. The monoisotopic (exact) mass is 437 g/mol. The molecular weight excluding hydrogens is 401 g/mol. The van der Waals surface area contributed by atoms with Crippen LogP contribution in [0.2, 0.25) is 0 Å². The predicted octanol–water partition coefficient (Wildman–Crippen LogP) is 4.87. The van der Waals surface area contributed by atoms with E-state index >= 15 is 0 Å². The van der Waals surface area contributed by atoms with Crippen LogP contribution in [0.3, 0.4) is 0 Å². The van der Waals surface area contributed by atoms with E-state index < -0.39 is 28.7 Å². The van der Waals surface area contributed by atoms with Gasteiger partial charge in [0.25, 0.3) is 0 Å². The highest BCUT2D eigenvalue weighted by Crippen LogP contribution is 2.46. The fourth-order valence-electron chi connectivity index (χ4n) is 4.55. The Bertz CT molecular complexity index is 785. The van der Waals surface area contributed by atoms with Crippen LogP contribution in [-0.4, -0.2) is 46.7 Å². The number of benzene rings is 1. The highest BCUT2D eigenvalue weighted by molar-refractivity contribution is 5.70. The van der Waals surface area contributed by atoms with Gasteiger partial charge in [-0.1, -0.05) is 6.07 Å². The smallest absolute Gasteiger partial charge is 0.410 e. The lowest BCUT2D eigenvalue weighted by Crippen LogP contribution is -2.59. The summed E-state index contributed by atoms with van der Waals surface area (Å²) in [5.74, 6) is -0.400. The minimum absolute atomic E-state index is 0.121. The minimum Gasteiger partial charge on any atom is -0.444 e. The van der Waals surface area contributed by atoms with Crippen LogP contribution in [0.15, 0.2) is 18.2 Å². The number of likely N-dealkylation sites (tertiary alicyclic amines) is 1. The molecule has 0 spiro atoms. The number of rotatable bonds is 5. The van der Waals surface area contributed by atoms with Crippen molar-refractivity contribution in [3.63, 3.8) is 0 Å². The van der Waals surface area contributed by atoms with Crippen molar-refractivity contribution in [1.29, 1.82) is 0 Å². The SMILES string of the molecule is CC(C)(C)OC(=O)N1CCC[C@@]1(C)C(C)(O)c1ccc(F)cc1COC1CCCCO1. The van der Waals surface area contributed by atoms with Crippen molar-refractivity contribution in [2.24, 2.45) is 0 Å². The first-order chi connectivity index (χ1) is 14.4. The van der Waals surface area contributed by atoms with Gasteiger partial charge >= 0.3 is 6.09 Å². The standard InChI is InChI=1S/C24H36FNO5/c1-22(2,3)31-21(27)26-13-8-12-23(26,4)24(5,28)19-11-10-18(25)15-17(19)16-30-20-9-6-7-14-29-20/h10-11,15,20,28H,6-9,12-14,16H2,1-5H3/t20?,23-,24?/m0/s1. The Kier molecular flexibility index (Phi) is 6.99. The van der Waals surface area contributed by atoms with E-state index in [0.29, 0.717) is 30.7 Å². The van der Waals surface area contributed by atoms with E-state index in [1.165, 1.54) is 12.1 Å². The second-order valence-corrected chi connectivity index (χ2v) is 9.99. The molecule has 3 atom stereocenters. The summed E-state index contributed by atoms with van der Waals surface area (Å²) in [6, 6.07) is 4.32. The van der Waals surface area contributed by atoms with Gasteiger partial charge in [0.15, 0.2) is 6.29 Å². The topological polar surface area (TPSA) is 68.2 Å². The Hall–Kier alpha value is -1.70. The summed E-state index contributed by atoms with van der Waals surface area (Å²) >= 11 is 0. The third-order valence-electron chi connectivity index (χ3n) is 6.46. The van der Waals surface area contributed by atoms with Crippen LogP contribution in [0.1, 0.15) is 77.8 Å². The van der Waals surface area contributed by atoms with Gasteiger partial charge in [0.2, 0.25) is 0 Å². The zero-order valence-electron chi connectivity index (χ0n) is 19.4. The van der Waals surface area contributed by atoms with Crippen LogP contribution in [0.4, 0.5) is 9.18 Å². The molecule has 1 N–H and O–H groups in total. The Morgan fingerprint density at radius 3 is 2.68 bits per heavy atom. The largest absolute Gasteiger partial charge is 0.444 e. The first-order valence-electron chi connectivity index (χ1n) is 11.2. The molecule has 2 heterocycles. The van der Waals surface area contributed by atoms with E-state index in [0.717, 1.165) is 25.7 Å². The molecule has 0 aliphatic carbocycles. The molecule has 2 saturated heterocycles. The lowest BCUT2D eigenvalue weighted by molar-refractivity contribution is -0.169. The lowest BCUT2D eigenvalue weighted by atomic mass is 9.74. The van der Waals surface area contributed by atoms with Crippen molar-refractivity contribution in [1.82, 2.24) is 4.90 Å². The van der Waals surface area contributed by atoms with Crippen molar-refractivity contribution in [2.75, 3.05) is 13.2 Å². The van der Waals surface area contributed by atoms with Crippen LogP contribution in [0.25, 0.3) is 0 Å². The molecule has 31 heavy (non-hydrogen) atoms. The summed E-state index contributed by atoms with van der Waals surface area (Å²) in [6.07, 6.45) is 3.40. The van der Waals surface area contributed by atoms with Gasteiger partial charge in [-0.15, -0.1) is 0 Å². The molecule has 2 fully saturated rings. The number of hydrogen-bond donors (Lipinski definition) is 1. The van der Waals surface area contributed by atoms with Gasteiger partial charge in [0.05, 0.1) is 12.1 Å². The molecule has 1 aromatic rings. The Morgan fingerprint density at radius 1 is 1.29 bits per heavy atom. The molecule has 0 radical (unpaired) electrons. The van der Waals surface area contributed by atoms with Crippen LogP contribution in [0.5, 0.6) is 0 Å². The molecule has 6 nitrogen and oxygen atoms in total. The molecule has 7 heteroatoms. The quantitative estimate of drug-likeness (QED) is 0.712. The van der Waals surface area contributed by atoms with E-state index in [1.54, 1.807) is 17.9 Å². The highest BCUT2D eigenvalue weighted by atomic mass is 19.1. The number of carbonyl (C=O) groups is 1. The van der Waals surface area contributed by atoms with Crippen molar-refractivity contribution in [2.45, 2.75) is 96.4 Å². The van der Waals surface area contributed by atoms with Crippen LogP contribution < -0.4 is 0 Å². The molecule has 1 aromatic carbocycles. The number of carbonyl (C=O) groups excluding carboxylic acids is 1. The van der Waals surface area contributed by atoms with E-state index in [4.69, 9.17) is 14.2 Å². The summed E-state index contributed by atoms with van der Waals surface area (Å²) in [5, 5.41) is 11.8. The molecule has 2 aliphatic heterocycles. The van der Waals surface area contributed by atoms with Gasteiger partial charge in [-0.2, -0.15) is 0 Å². The Morgan fingerprint density at radius 2 is 2.03 bits per heavy atom. The Balaban J connectivity index is 1.88. The zero-order chi connectivity index (χ0) is 22.9. The molecule has 3 rings (SSSR count). The van der Waals surface area contributed by atoms with Gasteiger partial charge in [-0.05, 0) is 90.0 Å². The fraction of sp³-hybridized carbons (Fsp3) is 0.708. The summed E-state index contributed by atoms with van der Waals surface area (Å²) in [4.78, 5) is 14.5. The van der Waals surface area contributed by atoms with E-state index in [2.05, 4.69) is 0 Å². The molecule has 0 saturated carbocycles. The summed E-state index contributed by atoms with van der Waals surface area (Å²) in [6.45, 7) is 10.3. The number of halogens is 1. The second-order valence-electron chi connectivity index (χ2n) is 9.99.